The molecule has 0 spiro atoms. The van der Waals surface area contributed by atoms with Gasteiger partial charge in [-0.05, 0) is 66.0 Å². The van der Waals surface area contributed by atoms with Gasteiger partial charge in [0.05, 0.1) is 17.2 Å². The number of ether oxygens (including phenoxy) is 1. The number of cyclic esters (lactones) is 1. The van der Waals surface area contributed by atoms with Crippen LogP contribution in [0.2, 0.25) is 5.02 Å². The van der Waals surface area contributed by atoms with E-state index in [0.29, 0.717) is 18.7 Å². The zero-order valence-electron chi connectivity index (χ0n) is 19.4. The van der Waals surface area contributed by atoms with Crippen LogP contribution in [0, 0.1) is 5.82 Å². The van der Waals surface area contributed by atoms with E-state index in [4.69, 9.17) is 28.6 Å². The van der Waals surface area contributed by atoms with Crippen LogP contribution in [0.5, 0.6) is 0 Å². The SMILES string of the molecule is O=C(NC1CCOC1=O)c1cnc(NNC(=S)Nc2nccc3c2Cc2cc(F)ccc2CC3)c(Cl)c1. The highest BCUT2D eigenvalue weighted by molar-refractivity contribution is 7.80. The number of anilines is 2. The second-order valence-corrected chi connectivity index (χ2v) is 9.44. The number of nitrogens with one attached hydrogen (secondary N) is 4. The molecule has 12 heteroatoms. The van der Waals surface area contributed by atoms with Gasteiger partial charge in [-0.25, -0.2) is 19.2 Å². The fourth-order valence-corrected chi connectivity index (χ4v) is 4.67. The zero-order valence-corrected chi connectivity index (χ0v) is 21.0. The lowest BCUT2D eigenvalue weighted by Gasteiger charge is -2.16. The first-order chi connectivity index (χ1) is 17.9. The highest BCUT2D eigenvalue weighted by Crippen LogP contribution is 2.29. The van der Waals surface area contributed by atoms with Gasteiger partial charge in [-0.1, -0.05) is 17.7 Å². The number of hydrogen-bond acceptors (Lipinski definition) is 7. The molecule has 1 amide bonds. The first kappa shape index (κ1) is 24.8. The molecule has 0 saturated carbocycles. The lowest BCUT2D eigenvalue weighted by atomic mass is 10.0. The number of aromatic nitrogens is 2. The first-order valence-corrected chi connectivity index (χ1v) is 12.4. The van der Waals surface area contributed by atoms with Crippen LogP contribution in [0.15, 0.2) is 42.7 Å². The lowest BCUT2D eigenvalue weighted by molar-refractivity contribution is -0.139. The Kier molecular flexibility index (Phi) is 7.15. The minimum atomic E-state index is -0.677. The Bertz CT molecular complexity index is 1400. The minimum absolute atomic E-state index is 0.169. The van der Waals surface area contributed by atoms with Crippen LogP contribution in [0.1, 0.15) is 39.0 Å². The highest BCUT2D eigenvalue weighted by atomic mass is 35.5. The van der Waals surface area contributed by atoms with Crippen molar-refractivity contribution < 1.29 is 18.7 Å². The average molecular weight is 541 g/mol. The van der Waals surface area contributed by atoms with Gasteiger partial charge >= 0.3 is 5.97 Å². The molecule has 1 aromatic carbocycles. The number of fused-ring (bicyclic) bond motifs is 2. The third-order valence-electron chi connectivity index (χ3n) is 6.22. The molecule has 1 fully saturated rings. The summed E-state index contributed by atoms with van der Waals surface area (Å²) in [5, 5.41) is 6.06. The van der Waals surface area contributed by atoms with Gasteiger partial charge in [0.25, 0.3) is 5.91 Å². The molecule has 3 aromatic rings. The maximum Gasteiger partial charge on any atom is 0.328 e. The van der Waals surface area contributed by atoms with E-state index >= 15 is 0 Å². The first-order valence-electron chi connectivity index (χ1n) is 11.6. The van der Waals surface area contributed by atoms with Gasteiger partial charge in [-0.2, -0.15) is 0 Å². The molecule has 1 atom stereocenters. The van der Waals surface area contributed by atoms with Crippen LogP contribution in [0.4, 0.5) is 16.0 Å². The van der Waals surface area contributed by atoms with E-state index < -0.39 is 17.9 Å². The normalized spacial score (nSPS) is 16.1. The Morgan fingerprint density at radius 2 is 1.95 bits per heavy atom. The molecule has 2 aromatic heterocycles. The Morgan fingerprint density at radius 3 is 2.73 bits per heavy atom. The molecule has 3 heterocycles. The number of aryl methyl sites for hydroxylation is 2. The van der Waals surface area contributed by atoms with E-state index in [0.717, 1.165) is 35.1 Å². The number of rotatable bonds is 5. The predicted octanol–water partition coefficient (Wildman–Crippen LogP) is 3.32. The maximum absolute atomic E-state index is 13.9. The van der Waals surface area contributed by atoms with Crippen LogP contribution in [-0.4, -0.2) is 39.6 Å². The third-order valence-corrected chi connectivity index (χ3v) is 6.71. The summed E-state index contributed by atoms with van der Waals surface area (Å²) in [5.74, 6) is -0.391. The van der Waals surface area contributed by atoms with Crippen molar-refractivity contribution in [2.24, 2.45) is 0 Å². The summed E-state index contributed by atoms with van der Waals surface area (Å²) in [6.07, 6.45) is 5.62. The fraction of sp³-hybridized carbons (Fsp3) is 0.240. The summed E-state index contributed by atoms with van der Waals surface area (Å²) < 4.78 is 18.7. The molecule has 1 unspecified atom stereocenters. The summed E-state index contributed by atoms with van der Waals surface area (Å²) in [6.45, 7) is 0.276. The molecule has 2 aliphatic rings. The lowest BCUT2D eigenvalue weighted by Crippen LogP contribution is -2.38. The van der Waals surface area contributed by atoms with Gasteiger partial charge in [-0.3, -0.25) is 15.6 Å². The second-order valence-electron chi connectivity index (χ2n) is 8.63. The van der Waals surface area contributed by atoms with E-state index in [9.17, 15) is 14.0 Å². The maximum atomic E-state index is 13.9. The molecule has 0 radical (unpaired) electrons. The predicted molar refractivity (Wildman–Crippen MR) is 140 cm³/mol. The van der Waals surface area contributed by atoms with Gasteiger partial charge in [0.15, 0.2) is 10.9 Å². The van der Waals surface area contributed by atoms with Crippen molar-refractivity contribution in [3.8, 4) is 0 Å². The fourth-order valence-electron chi connectivity index (χ4n) is 4.31. The third kappa shape index (κ3) is 5.62. The van der Waals surface area contributed by atoms with E-state index in [2.05, 4.69) is 31.5 Å². The van der Waals surface area contributed by atoms with Crippen LogP contribution < -0.4 is 21.5 Å². The minimum Gasteiger partial charge on any atom is -0.464 e. The smallest absolute Gasteiger partial charge is 0.328 e. The Labute approximate surface area is 222 Å². The number of halogens is 2. The Balaban J connectivity index is 1.22. The Hall–Kier alpha value is -3.83. The molecule has 37 heavy (non-hydrogen) atoms. The van der Waals surface area contributed by atoms with E-state index in [-0.39, 0.29) is 33.9 Å². The summed E-state index contributed by atoms with van der Waals surface area (Å²) in [7, 11) is 0. The monoisotopic (exact) mass is 540 g/mol. The van der Waals surface area contributed by atoms with Gasteiger partial charge < -0.3 is 15.4 Å². The van der Waals surface area contributed by atoms with Crippen molar-refractivity contribution in [2.45, 2.75) is 31.7 Å². The number of benzene rings is 1. The van der Waals surface area contributed by atoms with Crippen LogP contribution in [0.3, 0.4) is 0 Å². The summed E-state index contributed by atoms with van der Waals surface area (Å²) >= 11 is 11.7. The zero-order chi connectivity index (χ0) is 25.9. The van der Waals surface area contributed by atoms with Crippen molar-refractivity contribution in [3.05, 3.63) is 81.4 Å². The largest absolute Gasteiger partial charge is 0.464 e. The molecule has 190 valence electrons. The van der Waals surface area contributed by atoms with Crippen molar-refractivity contribution in [1.29, 1.82) is 0 Å². The molecule has 1 aliphatic heterocycles. The number of amides is 1. The number of thiocarbonyl (C=S) groups is 1. The van der Waals surface area contributed by atoms with E-state index in [1.807, 2.05) is 12.1 Å². The van der Waals surface area contributed by atoms with Gasteiger partial charge in [-0.15, -0.1) is 0 Å². The van der Waals surface area contributed by atoms with Crippen molar-refractivity contribution in [3.63, 3.8) is 0 Å². The molecular weight excluding hydrogens is 519 g/mol. The number of hydrazine groups is 1. The number of pyridine rings is 2. The molecule has 9 nitrogen and oxygen atoms in total. The van der Waals surface area contributed by atoms with Crippen molar-refractivity contribution >= 4 is 52.4 Å². The van der Waals surface area contributed by atoms with E-state index in [1.165, 1.54) is 18.3 Å². The van der Waals surface area contributed by atoms with Gasteiger partial charge in [0, 0.05) is 30.8 Å². The quantitative estimate of drug-likeness (QED) is 0.220. The van der Waals surface area contributed by atoms with Gasteiger partial charge in [0.2, 0.25) is 0 Å². The van der Waals surface area contributed by atoms with Crippen LogP contribution in [-0.2, 0) is 28.8 Å². The highest BCUT2D eigenvalue weighted by Gasteiger charge is 2.28. The number of carbonyl (C=O) groups is 2. The molecule has 1 aliphatic carbocycles. The van der Waals surface area contributed by atoms with Crippen LogP contribution >= 0.6 is 23.8 Å². The van der Waals surface area contributed by atoms with Crippen molar-refractivity contribution in [1.82, 2.24) is 20.7 Å². The number of nitrogens with zero attached hydrogens (tertiary/aromatic N) is 2. The standard InChI is InChI=1S/C25H22ClFN6O3S/c26-19-11-16(23(34)30-20-6-8-36-24(20)35)12-29-22(19)32-33-25(37)31-21-18-10-15-9-17(27)4-3-13(15)1-2-14(18)5-7-28-21/h3-5,7,9,11-12,20H,1-2,6,8,10H2,(H,29,32)(H,30,34)(H2,28,31,33,37). The Morgan fingerprint density at radius 1 is 1.11 bits per heavy atom. The van der Waals surface area contributed by atoms with Gasteiger partial charge in [0.1, 0.15) is 17.7 Å². The molecule has 1 saturated heterocycles. The summed E-state index contributed by atoms with van der Waals surface area (Å²) in [5.41, 5.74) is 9.94. The second kappa shape index (κ2) is 10.7. The molecule has 4 N–H and O–H groups in total. The molecular formula is C25H22ClFN6O3S. The van der Waals surface area contributed by atoms with Crippen molar-refractivity contribution in [2.75, 3.05) is 17.3 Å². The topological polar surface area (TPSA) is 117 Å². The summed E-state index contributed by atoms with van der Waals surface area (Å²) in [6, 6.07) is 7.61. The summed E-state index contributed by atoms with van der Waals surface area (Å²) in [4.78, 5) is 32.6. The molecule has 0 bridgehead atoms. The number of esters is 1. The number of hydrogen-bond donors (Lipinski definition) is 4. The van der Waals surface area contributed by atoms with Crippen LogP contribution in [0.25, 0.3) is 0 Å². The average Bonchev–Trinajstić information content (AvgIpc) is 3.17. The molecule has 5 rings (SSSR count). The van der Waals surface area contributed by atoms with E-state index in [1.54, 1.807) is 12.3 Å². The number of carbonyl (C=O) groups excluding carboxylic acids is 2.